The quantitative estimate of drug-likeness (QED) is 0.840. The standard InChI is InChI=1S/C10H8BrCl2NO/c1-14-4-5-2-6-9(13)7(11)3-8(12)10(6)15-5/h2-3,14H,4H2,1H3. The Morgan fingerprint density at radius 2 is 2.13 bits per heavy atom. The van der Waals surface area contributed by atoms with Gasteiger partial charge in [0.2, 0.25) is 0 Å². The third-order valence-electron chi connectivity index (χ3n) is 2.05. The lowest BCUT2D eigenvalue weighted by Gasteiger charge is -1.98. The molecule has 1 aromatic heterocycles. The van der Waals surface area contributed by atoms with Crippen LogP contribution in [0.25, 0.3) is 11.0 Å². The molecule has 1 heterocycles. The lowest BCUT2D eigenvalue weighted by atomic mass is 10.2. The first-order valence-corrected chi connectivity index (χ1v) is 5.89. The summed E-state index contributed by atoms with van der Waals surface area (Å²) in [7, 11) is 1.85. The summed E-state index contributed by atoms with van der Waals surface area (Å²) in [5, 5.41) is 5.03. The van der Waals surface area contributed by atoms with Crippen LogP contribution in [0.4, 0.5) is 0 Å². The van der Waals surface area contributed by atoms with Crippen molar-refractivity contribution in [2.45, 2.75) is 6.54 Å². The molecular weight excluding hydrogens is 301 g/mol. The molecule has 0 radical (unpaired) electrons. The zero-order valence-corrected chi connectivity index (χ0v) is 11.0. The average molecular weight is 309 g/mol. The van der Waals surface area contributed by atoms with E-state index in [-0.39, 0.29) is 0 Å². The normalized spacial score (nSPS) is 11.2. The Morgan fingerprint density at radius 1 is 1.40 bits per heavy atom. The highest BCUT2D eigenvalue weighted by atomic mass is 79.9. The van der Waals surface area contributed by atoms with Gasteiger partial charge in [0.05, 0.1) is 16.6 Å². The van der Waals surface area contributed by atoms with Crippen molar-refractivity contribution in [3.8, 4) is 0 Å². The van der Waals surface area contributed by atoms with E-state index in [0.29, 0.717) is 22.2 Å². The third kappa shape index (κ3) is 2.02. The predicted molar refractivity (Wildman–Crippen MR) is 66.7 cm³/mol. The monoisotopic (exact) mass is 307 g/mol. The highest BCUT2D eigenvalue weighted by Crippen LogP contribution is 2.37. The molecule has 2 rings (SSSR count). The van der Waals surface area contributed by atoms with Crippen molar-refractivity contribution < 1.29 is 4.42 Å². The van der Waals surface area contributed by atoms with E-state index < -0.39 is 0 Å². The molecule has 15 heavy (non-hydrogen) atoms. The van der Waals surface area contributed by atoms with Crippen LogP contribution >= 0.6 is 39.1 Å². The second-order valence-corrected chi connectivity index (χ2v) is 4.78. The molecule has 0 saturated carbocycles. The number of fused-ring (bicyclic) bond motifs is 1. The maximum absolute atomic E-state index is 6.13. The summed E-state index contributed by atoms with van der Waals surface area (Å²) in [6.45, 7) is 0.652. The number of hydrogen-bond acceptors (Lipinski definition) is 2. The minimum absolute atomic E-state index is 0.559. The largest absolute Gasteiger partial charge is 0.458 e. The Hall–Kier alpha value is -0.220. The van der Waals surface area contributed by atoms with Gasteiger partial charge >= 0.3 is 0 Å². The number of rotatable bonds is 2. The molecule has 0 spiro atoms. The molecule has 0 bridgehead atoms. The summed E-state index contributed by atoms with van der Waals surface area (Å²) >= 11 is 15.5. The SMILES string of the molecule is CNCc1cc2c(Cl)c(Br)cc(Cl)c2o1. The summed E-state index contributed by atoms with van der Waals surface area (Å²) in [5.41, 5.74) is 0.634. The first-order chi connectivity index (χ1) is 7.13. The summed E-state index contributed by atoms with van der Waals surface area (Å²) in [5.74, 6) is 0.814. The first-order valence-electron chi connectivity index (χ1n) is 4.34. The number of benzene rings is 1. The average Bonchev–Trinajstić information content (AvgIpc) is 2.60. The minimum Gasteiger partial charge on any atom is -0.458 e. The molecule has 0 atom stereocenters. The molecule has 2 aromatic rings. The van der Waals surface area contributed by atoms with Crippen molar-refractivity contribution in [2.75, 3.05) is 7.05 Å². The molecule has 1 aromatic carbocycles. The van der Waals surface area contributed by atoms with Gasteiger partial charge in [0.1, 0.15) is 5.76 Å². The van der Waals surface area contributed by atoms with E-state index in [9.17, 15) is 0 Å². The maximum atomic E-state index is 6.13. The number of furan rings is 1. The van der Waals surface area contributed by atoms with Crippen LogP contribution < -0.4 is 5.32 Å². The van der Waals surface area contributed by atoms with E-state index in [0.717, 1.165) is 15.6 Å². The Morgan fingerprint density at radius 3 is 2.80 bits per heavy atom. The van der Waals surface area contributed by atoms with Crippen LogP contribution in [-0.4, -0.2) is 7.05 Å². The third-order valence-corrected chi connectivity index (χ3v) is 3.59. The van der Waals surface area contributed by atoms with Gasteiger partial charge in [0, 0.05) is 9.86 Å². The summed E-state index contributed by atoms with van der Waals surface area (Å²) in [6, 6.07) is 3.63. The van der Waals surface area contributed by atoms with Crippen LogP contribution in [0.2, 0.25) is 10.0 Å². The van der Waals surface area contributed by atoms with Crippen LogP contribution in [0.5, 0.6) is 0 Å². The van der Waals surface area contributed by atoms with Crippen molar-refractivity contribution >= 4 is 50.1 Å². The van der Waals surface area contributed by atoms with Crippen molar-refractivity contribution in [3.05, 3.63) is 32.4 Å². The molecule has 0 unspecified atom stereocenters. The molecule has 0 aliphatic rings. The molecular formula is C10H8BrCl2NO. The Balaban J connectivity index is 2.68. The van der Waals surface area contributed by atoms with Gasteiger partial charge in [-0.3, -0.25) is 0 Å². The van der Waals surface area contributed by atoms with Gasteiger partial charge in [-0.05, 0) is 35.1 Å². The van der Waals surface area contributed by atoms with E-state index in [1.165, 1.54) is 0 Å². The molecule has 0 aliphatic heterocycles. The second kappa shape index (κ2) is 4.34. The smallest absolute Gasteiger partial charge is 0.154 e. The fraction of sp³-hybridized carbons (Fsp3) is 0.200. The predicted octanol–water partition coefficient (Wildman–Crippen LogP) is 4.22. The van der Waals surface area contributed by atoms with Crippen molar-refractivity contribution in [2.24, 2.45) is 0 Å². The maximum Gasteiger partial charge on any atom is 0.154 e. The van der Waals surface area contributed by atoms with Gasteiger partial charge < -0.3 is 9.73 Å². The Labute approximate surface area is 106 Å². The second-order valence-electron chi connectivity index (χ2n) is 3.14. The van der Waals surface area contributed by atoms with E-state index >= 15 is 0 Å². The molecule has 0 amide bonds. The highest BCUT2D eigenvalue weighted by molar-refractivity contribution is 9.10. The molecule has 0 aliphatic carbocycles. The molecule has 1 N–H and O–H groups in total. The van der Waals surface area contributed by atoms with Crippen molar-refractivity contribution in [3.63, 3.8) is 0 Å². The fourth-order valence-corrected chi connectivity index (χ4v) is 2.43. The Kier molecular flexibility index (Phi) is 3.26. The summed E-state index contributed by atoms with van der Waals surface area (Å²) in [6.07, 6.45) is 0. The minimum atomic E-state index is 0.559. The number of nitrogens with one attached hydrogen (secondary N) is 1. The van der Waals surface area contributed by atoms with E-state index in [2.05, 4.69) is 21.2 Å². The van der Waals surface area contributed by atoms with Gasteiger partial charge in [-0.2, -0.15) is 0 Å². The number of hydrogen-bond donors (Lipinski definition) is 1. The van der Waals surface area contributed by atoms with Crippen molar-refractivity contribution in [1.29, 1.82) is 0 Å². The molecule has 0 saturated heterocycles. The lowest BCUT2D eigenvalue weighted by molar-refractivity contribution is 0.531. The number of halogens is 3. The van der Waals surface area contributed by atoms with Gasteiger partial charge in [-0.25, -0.2) is 0 Å². The van der Waals surface area contributed by atoms with Crippen LogP contribution in [0.15, 0.2) is 21.0 Å². The van der Waals surface area contributed by atoms with Gasteiger partial charge in [0.15, 0.2) is 5.58 Å². The van der Waals surface area contributed by atoms with E-state index in [1.54, 1.807) is 6.07 Å². The van der Waals surface area contributed by atoms with Crippen LogP contribution in [-0.2, 0) is 6.54 Å². The molecule has 0 fully saturated rings. The van der Waals surface area contributed by atoms with Crippen LogP contribution in [0.3, 0.4) is 0 Å². The van der Waals surface area contributed by atoms with Gasteiger partial charge in [-0.15, -0.1) is 0 Å². The van der Waals surface area contributed by atoms with E-state index in [1.807, 2.05) is 13.1 Å². The highest BCUT2D eigenvalue weighted by Gasteiger charge is 2.13. The van der Waals surface area contributed by atoms with Gasteiger partial charge in [0.25, 0.3) is 0 Å². The topological polar surface area (TPSA) is 25.2 Å². The molecule has 80 valence electrons. The molecule has 5 heteroatoms. The zero-order valence-electron chi connectivity index (χ0n) is 7.90. The zero-order chi connectivity index (χ0) is 11.0. The lowest BCUT2D eigenvalue weighted by Crippen LogP contribution is -2.03. The van der Waals surface area contributed by atoms with Gasteiger partial charge in [-0.1, -0.05) is 23.2 Å². The van der Waals surface area contributed by atoms with Crippen molar-refractivity contribution in [1.82, 2.24) is 5.32 Å². The molecule has 2 nitrogen and oxygen atoms in total. The van der Waals surface area contributed by atoms with Crippen LogP contribution in [0, 0.1) is 0 Å². The Bertz CT molecular complexity index is 510. The first kappa shape index (κ1) is 11.3. The summed E-state index contributed by atoms with van der Waals surface area (Å²) < 4.78 is 6.35. The summed E-state index contributed by atoms with van der Waals surface area (Å²) in [4.78, 5) is 0. The van der Waals surface area contributed by atoms with Crippen LogP contribution in [0.1, 0.15) is 5.76 Å². The fourth-order valence-electron chi connectivity index (χ4n) is 1.41. The van der Waals surface area contributed by atoms with E-state index in [4.69, 9.17) is 27.6 Å².